The number of amides is 1. The van der Waals surface area contributed by atoms with Crippen LogP contribution >= 0.6 is 0 Å². The number of nitro groups is 1. The number of hydrogen-bond donors (Lipinski definition) is 0. The molecule has 5 heteroatoms. The van der Waals surface area contributed by atoms with Gasteiger partial charge in [0.15, 0.2) is 0 Å². The SMILES string of the molecule is C=CCN(CC=C)C(=O)c1ccccc1[N+](=O)[O-]. The first-order chi connectivity index (χ1) is 8.61. The summed E-state index contributed by atoms with van der Waals surface area (Å²) < 4.78 is 0. The van der Waals surface area contributed by atoms with E-state index in [9.17, 15) is 14.9 Å². The van der Waals surface area contributed by atoms with Gasteiger partial charge in [0.05, 0.1) is 4.92 Å². The molecular weight excluding hydrogens is 232 g/mol. The van der Waals surface area contributed by atoms with E-state index in [4.69, 9.17) is 0 Å². The third kappa shape index (κ3) is 3.04. The van der Waals surface area contributed by atoms with E-state index in [1.54, 1.807) is 18.2 Å². The first-order valence-corrected chi connectivity index (χ1v) is 5.36. The van der Waals surface area contributed by atoms with Crippen molar-refractivity contribution in [3.63, 3.8) is 0 Å². The minimum absolute atomic E-state index is 0.0752. The largest absolute Gasteiger partial charge is 0.331 e. The Hall–Kier alpha value is -2.43. The normalized spacial score (nSPS) is 9.56. The summed E-state index contributed by atoms with van der Waals surface area (Å²) in [6, 6.07) is 5.88. The Bertz CT molecular complexity index is 473. The number of carbonyl (C=O) groups is 1. The van der Waals surface area contributed by atoms with Crippen LogP contribution in [0.3, 0.4) is 0 Å². The van der Waals surface area contributed by atoms with Crippen LogP contribution in [0, 0.1) is 10.1 Å². The molecule has 0 unspecified atom stereocenters. The number of rotatable bonds is 6. The summed E-state index contributed by atoms with van der Waals surface area (Å²) in [6.07, 6.45) is 3.13. The van der Waals surface area contributed by atoms with Crippen LogP contribution in [0.2, 0.25) is 0 Å². The van der Waals surface area contributed by atoms with Crippen molar-refractivity contribution in [1.29, 1.82) is 0 Å². The smallest absolute Gasteiger partial charge is 0.282 e. The van der Waals surface area contributed by atoms with E-state index >= 15 is 0 Å². The fourth-order valence-electron chi connectivity index (χ4n) is 1.54. The second-order valence-corrected chi connectivity index (χ2v) is 3.56. The molecule has 94 valence electrons. The Morgan fingerprint density at radius 3 is 2.33 bits per heavy atom. The number of hydrogen-bond acceptors (Lipinski definition) is 3. The van der Waals surface area contributed by atoms with Gasteiger partial charge in [-0.05, 0) is 6.07 Å². The molecule has 1 rings (SSSR count). The lowest BCUT2D eigenvalue weighted by atomic mass is 10.1. The lowest BCUT2D eigenvalue weighted by Crippen LogP contribution is -2.31. The van der Waals surface area contributed by atoms with E-state index in [1.165, 1.54) is 23.1 Å². The number of nitrogens with zero attached hydrogens (tertiary/aromatic N) is 2. The quantitative estimate of drug-likeness (QED) is 0.440. The van der Waals surface area contributed by atoms with Crippen molar-refractivity contribution < 1.29 is 9.72 Å². The van der Waals surface area contributed by atoms with Crippen LogP contribution in [0.15, 0.2) is 49.6 Å². The van der Waals surface area contributed by atoms with E-state index in [2.05, 4.69) is 13.2 Å². The fraction of sp³-hybridized carbons (Fsp3) is 0.154. The Kier molecular flexibility index (Phi) is 4.80. The molecule has 1 aromatic carbocycles. The van der Waals surface area contributed by atoms with E-state index in [0.29, 0.717) is 13.1 Å². The van der Waals surface area contributed by atoms with Crippen molar-refractivity contribution in [2.45, 2.75) is 0 Å². The molecule has 1 amide bonds. The summed E-state index contributed by atoms with van der Waals surface area (Å²) in [5.41, 5.74) is -0.119. The van der Waals surface area contributed by atoms with Crippen molar-refractivity contribution in [3.05, 3.63) is 65.3 Å². The maximum absolute atomic E-state index is 12.2. The molecule has 0 aromatic heterocycles. The van der Waals surface area contributed by atoms with Crippen molar-refractivity contribution in [3.8, 4) is 0 Å². The van der Waals surface area contributed by atoms with Gasteiger partial charge >= 0.3 is 0 Å². The first-order valence-electron chi connectivity index (χ1n) is 5.36. The molecule has 0 radical (unpaired) electrons. The van der Waals surface area contributed by atoms with Crippen molar-refractivity contribution >= 4 is 11.6 Å². The molecule has 1 aromatic rings. The number of para-hydroxylation sites is 1. The highest BCUT2D eigenvalue weighted by molar-refractivity contribution is 5.98. The molecular formula is C13H14N2O3. The number of nitro benzene ring substituents is 1. The topological polar surface area (TPSA) is 63.5 Å². The average Bonchev–Trinajstić information content (AvgIpc) is 2.37. The zero-order valence-electron chi connectivity index (χ0n) is 9.91. The fourth-order valence-corrected chi connectivity index (χ4v) is 1.54. The minimum atomic E-state index is -0.562. The summed E-state index contributed by atoms with van der Waals surface area (Å²) in [5.74, 6) is -0.401. The summed E-state index contributed by atoms with van der Waals surface area (Å²) in [7, 11) is 0. The molecule has 0 saturated heterocycles. The van der Waals surface area contributed by atoms with Crippen LogP contribution in [0.25, 0.3) is 0 Å². The molecule has 18 heavy (non-hydrogen) atoms. The van der Waals surface area contributed by atoms with Gasteiger partial charge in [-0.2, -0.15) is 0 Å². The molecule has 0 aliphatic carbocycles. The van der Waals surface area contributed by atoms with Crippen LogP contribution in [0.1, 0.15) is 10.4 Å². The van der Waals surface area contributed by atoms with Gasteiger partial charge in [0, 0.05) is 19.2 Å². The molecule has 0 heterocycles. The molecule has 0 saturated carbocycles. The monoisotopic (exact) mass is 246 g/mol. The van der Waals surface area contributed by atoms with Crippen LogP contribution in [0.4, 0.5) is 5.69 Å². The molecule has 0 bridgehead atoms. The molecule has 5 nitrogen and oxygen atoms in total. The third-order valence-electron chi connectivity index (χ3n) is 2.32. The maximum Gasteiger partial charge on any atom is 0.282 e. The van der Waals surface area contributed by atoms with E-state index in [1.807, 2.05) is 0 Å². The van der Waals surface area contributed by atoms with Gasteiger partial charge in [0.2, 0.25) is 0 Å². The Balaban J connectivity index is 3.11. The third-order valence-corrected chi connectivity index (χ3v) is 2.32. The van der Waals surface area contributed by atoms with E-state index < -0.39 is 10.8 Å². The van der Waals surface area contributed by atoms with Gasteiger partial charge in [-0.3, -0.25) is 14.9 Å². The lowest BCUT2D eigenvalue weighted by Gasteiger charge is -2.19. The van der Waals surface area contributed by atoms with Gasteiger partial charge in [0.1, 0.15) is 5.56 Å². The average molecular weight is 246 g/mol. The number of benzene rings is 1. The van der Waals surface area contributed by atoms with Crippen LogP contribution in [-0.2, 0) is 0 Å². The van der Waals surface area contributed by atoms with Gasteiger partial charge < -0.3 is 4.90 Å². The second-order valence-electron chi connectivity index (χ2n) is 3.56. The summed E-state index contributed by atoms with van der Waals surface area (Å²) in [5, 5.41) is 10.9. The van der Waals surface area contributed by atoms with Crippen molar-refractivity contribution in [1.82, 2.24) is 4.90 Å². The Morgan fingerprint density at radius 1 is 1.28 bits per heavy atom. The Morgan fingerprint density at radius 2 is 1.83 bits per heavy atom. The van der Waals surface area contributed by atoms with Gasteiger partial charge in [-0.15, -0.1) is 13.2 Å². The summed E-state index contributed by atoms with van der Waals surface area (Å²) in [6.45, 7) is 7.74. The predicted molar refractivity (Wildman–Crippen MR) is 69.4 cm³/mol. The lowest BCUT2D eigenvalue weighted by molar-refractivity contribution is -0.385. The summed E-state index contributed by atoms with van der Waals surface area (Å²) >= 11 is 0. The highest BCUT2D eigenvalue weighted by Gasteiger charge is 2.22. The van der Waals surface area contributed by atoms with E-state index in [-0.39, 0.29) is 11.3 Å². The van der Waals surface area contributed by atoms with Gasteiger partial charge in [-0.25, -0.2) is 0 Å². The molecule has 0 spiro atoms. The number of carbonyl (C=O) groups excluding carboxylic acids is 1. The van der Waals surface area contributed by atoms with Crippen LogP contribution in [-0.4, -0.2) is 28.8 Å². The zero-order valence-corrected chi connectivity index (χ0v) is 9.91. The van der Waals surface area contributed by atoms with Crippen LogP contribution < -0.4 is 0 Å². The summed E-state index contributed by atoms with van der Waals surface area (Å²) in [4.78, 5) is 23.9. The zero-order chi connectivity index (χ0) is 13.5. The first kappa shape index (κ1) is 13.6. The van der Waals surface area contributed by atoms with Gasteiger partial charge in [0.25, 0.3) is 11.6 Å². The molecule has 0 aliphatic heterocycles. The maximum atomic E-state index is 12.2. The van der Waals surface area contributed by atoms with Crippen molar-refractivity contribution in [2.24, 2.45) is 0 Å². The predicted octanol–water partition coefficient (Wildman–Crippen LogP) is 2.41. The highest BCUT2D eigenvalue weighted by Crippen LogP contribution is 2.19. The van der Waals surface area contributed by atoms with Gasteiger partial charge in [-0.1, -0.05) is 24.3 Å². The second kappa shape index (κ2) is 6.34. The molecule has 0 atom stereocenters. The van der Waals surface area contributed by atoms with Crippen molar-refractivity contribution in [2.75, 3.05) is 13.1 Å². The molecule has 0 N–H and O–H groups in total. The van der Waals surface area contributed by atoms with E-state index in [0.717, 1.165) is 0 Å². The molecule has 0 aliphatic rings. The minimum Gasteiger partial charge on any atom is -0.331 e. The standard InChI is InChI=1S/C13H14N2O3/c1-3-9-14(10-4-2)13(16)11-7-5-6-8-12(11)15(17)18/h3-8H,1-2,9-10H2. The highest BCUT2D eigenvalue weighted by atomic mass is 16.6. The molecule has 0 fully saturated rings. The van der Waals surface area contributed by atoms with Crippen LogP contribution in [0.5, 0.6) is 0 Å². The Labute approximate surface area is 105 Å².